The number of rotatable bonds is 7. The smallest absolute Gasteiger partial charge is 0.0981 e. The molecule has 0 heterocycles. The predicted molar refractivity (Wildman–Crippen MR) is 92.6 cm³/mol. The highest BCUT2D eigenvalue weighted by atomic mass is 17.2. The van der Waals surface area contributed by atoms with Gasteiger partial charge in [-0.05, 0) is 82.1 Å². The summed E-state index contributed by atoms with van der Waals surface area (Å²) in [5.74, 6) is 0. The van der Waals surface area contributed by atoms with E-state index in [4.69, 9.17) is 19.6 Å². The van der Waals surface area contributed by atoms with Crippen molar-refractivity contribution in [3.63, 3.8) is 0 Å². The molecule has 0 unspecified atom stereocenters. The molecule has 0 aromatic carbocycles. The van der Waals surface area contributed by atoms with Crippen LogP contribution in [-0.4, -0.2) is 22.4 Å². The van der Waals surface area contributed by atoms with E-state index in [9.17, 15) is 0 Å². The van der Waals surface area contributed by atoms with Gasteiger partial charge in [0.1, 0.15) is 0 Å². The lowest BCUT2D eigenvalue weighted by Gasteiger charge is -2.33. The Kier molecular flexibility index (Phi) is 10.1. The zero-order chi connectivity index (χ0) is 18.2. The maximum Gasteiger partial charge on any atom is 0.0981 e. The average molecular weight is 321 g/mol. The van der Waals surface area contributed by atoms with Crippen LogP contribution in [0, 0.1) is 0 Å². The highest BCUT2D eigenvalue weighted by Crippen LogP contribution is 2.27. The van der Waals surface area contributed by atoms with E-state index in [1.165, 1.54) is 0 Å². The van der Waals surface area contributed by atoms with Gasteiger partial charge in [0.05, 0.1) is 22.4 Å². The molecule has 0 radical (unpaired) electrons. The quantitative estimate of drug-likeness (QED) is 0.436. The Morgan fingerprint density at radius 1 is 0.455 bits per heavy atom. The third kappa shape index (κ3) is 16.2. The minimum atomic E-state index is -0.365. The molecule has 0 aliphatic heterocycles. The minimum Gasteiger partial charge on any atom is -0.230 e. The largest absolute Gasteiger partial charge is 0.230 e. The van der Waals surface area contributed by atoms with Crippen LogP contribution >= 0.6 is 0 Å². The highest BCUT2D eigenvalue weighted by molar-refractivity contribution is 4.75. The molecule has 0 saturated heterocycles. The van der Waals surface area contributed by atoms with Crippen molar-refractivity contribution in [3.8, 4) is 0 Å². The molecule has 0 atom stereocenters. The van der Waals surface area contributed by atoms with Crippen LogP contribution in [0.15, 0.2) is 0 Å². The summed E-state index contributed by atoms with van der Waals surface area (Å²) in [6, 6.07) is 0. The maximum atomic E-state index is 5.54. The lowest BCUT2D eigenvalue weighted by Crippen LogP contribution is -2.35. The Bertz CT molecular complexity index is 252. The topological polar surface area (TPSA) is 36.9 Å². The van der Waals surface area contributed by atoms with Crippen molar-refractivity contribution in [1.82, 2.24) is 0 Å². The third-order valence-corrected chi connectivity index (χ3v) is 2.36. The number of hydrogen-bond donors (Lipinski definition) is 0. The van der Waals surface area contributed by atoms with E-state index in [1.54, 1.807) is 0 Å². The van der Waals surface area contributed by atoms with Crippen LogP contribution in [0.2, 0.25) is 0 Å². The summed E-state index contributed by atoms with van der Waals surface area (Å²) in [5, 5.41) is 0. The van der Waals surface area contributed by atoms with Gasteiger partial charge in [-0.1, -0.05) is 13.8 Å². The molecule has 22 heavy (non-hydrogen) atoms. The molecule has 0 rings (SSSR count). The summed E-state index contributed by atoms with van der Waals surface area (Å²) in [6.07, 6.45) is 1.62. The van der Waals surface area contributed by atoms with Gasteiger partial charge in [-0.15, -0.1) is 0 Å². The molecule has 4 heteroatoms. The summed E-state index contributed by atoms with van der Waals surface area (Å²) in [6.45, 7) is 23.8. The van der Waals surface area contributed by atoms with Crippen molar-refractivity contribution < 1.29 is 19.6 Å². The van der Waals surface area contributed by atoms with Crippen LogP contribution < -0.4 is 0 Å². The standard InChI is InChI=1S/C16H34O4.C2H6/c1-13(2,3)17-19-15(7,8)11-12-16(9,10)20-18-14(4,5)6;1-2/h11-12H2,1-10H3;1-2H3. The Balaban J connectivity index is 0. The van der Waals surface area contributed by atoms with Gasteiger partial charge in [0.25, 0.3) is 0 Å². The van der Waals surface area contributed by atoms with Gasteiger partial charge in [0, 0.05) is 0 Å². The van der Waals surface area contributed by atoms with Gasteiger partial charge in [-0.3, -0.25) is 0 Å². The molecule has 4 nitrogen and oxygen atoms in total. The van der Waals surface area contributed by atoms with E-state index >= 15 is 0 Å². The summed E-state index contributed by atoms with van der Waals surface area (Å²) in [5.41, 5.74) is -1.34. The zero-order valence-corrected chi connectivity index (χ0v) is 17.0. The normalized spacial score (nSPS) is 13.6. The molecular formula is C18H40O4. The second kappa shape index (κ2) is 9.21. The SMILES string of the molecule is CC.CC(C)(C)OOC(C)(C)CCC(C)(C)OOC(C)(C)C. The maximum absolute atomic E-state index is 5.54. The van der Waals surface area contributed by atoms with Gasteiger partial charge in [0.15, 0.2) is 0 Å². The van der Waals surface area contributed by atoms with E-state index in [1.807, 2.05) is 83.1 Å². The second-order valence-electron chi connectivity index (χ2n) is 8.58. The molecular weight excluding hydrogens is 280 g/mol. The van der Waals surface area contributed by atoms with Gasteiger partial charge in [0.2, 0.25) is 0 Å². The molecule has 0 aliphatic carbocycles. The molecule has 0 aromatic heterocycles. The minimum absolute atomic E-state index is 0.307. The van der Waals surface area contributed by atoms with Gasteiger partial charge < -0.3 is 0 Å². The Hall–Kier alpha value is -0.160. The first-order chi connectivity index (χ1) is 9.62. The van der Waals surface area contributed by atoms with Crippen LogP contribution in [0.4, 0.5) is 0 Å². The fourth-order valence-electron chi connectivity index (χ4n) is 1.16. The Labute approximate surface area is 138 Å². The molecule has 0 aliphatic rings. The van der Waals surface area contributed by atoms with E-state index in [-0.39, 0.29) is 22.4 Å². The van der Waals surface area contributed by atoms with Crippen LogP contribution in [-0.2, 0) is 19.6 Å². The van der Waals surface area contributed by atoms with Crippen molar-refractivity contribution >= 4 is 0 Å². The first-order valence-corrected chi connectivity index (χ1v) is 8.36. The summed E-state index contributed by atoms with van der Waals surface area (Å²) >= 11 is 0. The Morgan fingerprint density at radius 2 is 0.682 bits per heavy atom. The lowest BCUT2D eigenvalue weighted by atomic mass is 9.94. The van der Waals surface area contributed by atoms with Crippen LogP contribution in [0.5, 0.6) is 0 Å². The molecule has 0 fully saturated rings. The predicted octanol–water partition coefficient (Wildman–Crippen LogP) is 5.84. The molecule has 0 N–H and O–H groups in total. The van der Waals surface area contributed by atoms with Crippen molar-refractivity contribution in [2.45, 2.75) is 118 Å². The monoisotopic (exact) mass is 320 g/mol. The fraction of sp³-hybridized carbons (Fsp3) is 1.00. The van der Waals surface area contributed by atoms with Crippen molar-refractivity contribution in [3.05, 3.63) is 0 Å². The van der Waals surface area contributed by atoms with Gasteiger partial charge in [-0.2, -0.15) is 0 Å². The first kappa shape index (κ1) is 24.1. The van der Waals surface area contributed by atoms with Crippen LogP contribution in [0.25, 0.3) is 0 Å². The molecule has 0 spiro atoms. The summed E-state index contributed by atoms with van der Waals surface area (Å²) in [4.78, 5) is 21.9. The van der Waals surface area contributed by atoms with E-state index in [2.05, 4.69) is 0 Å². The molecule has 0 aromatic rings. The van der Waals surface area contributed by atoms with Gasteiger partial charge in [-0.25, -0.2) is 19.6 Å². The lowest BCUT2D eigenvalue weighted by molar-refractivity contribution is -0.410. The van der Waals surface area contributed by atoms with Gasteiger partial charge >= 0.3 is 0 Å². The van der Waals surface area contributed by atoms with E-state index < -0.39 is 0 Å². The summed E-state index contributed by atoms with van der Waals surface area (Å²) in [7, 11) is 0. The van der Waals surface area contributed by atoms with E-state index in [0.717, 1.165) is 12.8 Å². The molecule has 0 bridgehead atoms. The van der Waals surface area contributed by atoms with Crippen LogP contribution in [0.1, 0.15) is 95.9 Å². The third-order valence-electron chi connectivity index (χ3n) is 2.36. The van der Waals surface area contributed by atoms with Crippen molar-refractivity contribution in [1.29, 1.82) is 0 Å². The number of hydrogen-bond acceptors (Lipinski definition) is 4. The zero-order valence-electron chi connectivity index (χ0n) is 17.0. The van der Waals surface area contributed by atoms with Crippen molar-refractivity contribution in [2.75, 3.05) is 0 Å². The van der Waals surface area contributed by atoms with Crippen molar-refractivity contribution in [2.24, 2.45) is 0 Å². The summed E-state index contributed by atoms with van der Waals surface area (Å²) < 4.78 is 0. The molecule has 0 saturated carbocycles. The van der Waals surface area contributed by atoms with E-state index in [0.29, 0.717) is 0 Å². The second-order valence-corrected chi connectivity index (χ2v) is 8.58. The first-order valence-electron chi connectivity index (χ1n) is 8.36. The highest BCUT2D eigenvalue weighted by Gasteiger charge is 2.30. The molecule has 0 amide bonds. The fourth-order valence-corrected chi connectivity index (χ4v) is 1.16. The Morgan fingerprint density at radius 3 is 0.864 bits per heavy atom. The average Bonchev–Trinajstić information content (AvgIpc) is 2.34. The van der Waals surface area contributed by atoms with Crippen LogP contribution in [0.3, 0.4) is 0 Å². The molecule has 136 valence electrons.